The largest absolute Gasteiger partial charge is 0.472 e. The van der Waals surface area contributed by atoms with Gasteiger partial charge in [-0.15, -0.1) is 0 Å². The molecule has 190 valence electrons. The molecule has 1 aliphatic rings. The Labute approximate surface area is 217 Å². The van der Waals surface area contributed by atoms with Gasteiger partial charge in [-0.05, 0) is 67.9 Å². The summed E-state index contributed by atoms with van der Waals surface area (Å²) >= 11 is 0. The molecule has 38 heavy (non-hydrogen) atoms. The van der Waals surface area contributed by atoms with E-state index in [0.29, 0.717) is 22.5 Å². The lowest BCUT2D eigenvalue weighted by atomic mass is 10.1. The van der Waals surface area contributed by atoms with Crippen molar-refractivity contribution in [2.24, 2.45) is 0 Å². The number of hydrogen-bond donors (Lipinski definition) is 2. The van der Waals surface area contributed by atoms with Crippen molar-refractivity contribution in [2.75, 3.05) is 19.0 Å². The maximum absolute atomic E-state index is 13.0. The van der Waals surface area contributed by atoms with E-state index < -0.39 is 9.84 Å². The molecule has 0 amide bonds. The number of nitrogens with one attached hydrogen (secondary N) is 2. The summed E-state index contributed by atoms with van der Waals surface area (Å²) in [5.41, 5.74) is 6.75. The maximum Gasteiger partial charge on any atom is 0.193 e. The zero-order valence-corrected chi connectivity index (χ0v) is 21.1. The van der Waals surface area contributed by atoms with Gasteiger partial charge in [-0.2, -0.15) is 5.10 Å². The number of likely N-dealkylation sites (tertiary alicyclic amines) is 1. The van der Waals surface area contributed by atoms with E-state index in [4.69, 9.17) is 9.40 Å². The summed E-state index contributed by atoms with van der Waals surface area (Å²) in [6.45, 7) is 1.61. The maximum atomic E-state index is 13.0. The van der Waals surface area contributed by atoms with Crippen LogP contribution in [0.15, 0.2) is 76.8 Å². The standard InChI is InChI=1S/C27H23N7O3S/c35-38(36,16-34-8-1-2-9-34)19-11-18(13-28-14-19)22-3-4-23-25(30-22)26(33-32-23)24-12-21-20(17-6-10-37-15-17)5-7-29-27(21)31-24/h3-7,10-15H,1-2,8-9,16H2,(H,29,31)(H,32,33). The van der Waals surface area contributed by atoms with Crippen molar-refractivity contribution in [2.45, 2.75) is 17.7 Å². The van der Waals surface area contributed by atoms with E-state index in [1.54, 1.807) is 31.0 Å². The molecule has 2 N–H and O–H groups in total. The lowest BCUT2D eigenvalue weighted by molar-refractivity contribution is 0.388. The van der Waals surface area contributed by atoms with Crippen molar-refractivity contribution in [3.63, 3.8) is 0 Å². The molecule has 10 nitrogen and oxygen atoms in total. The highest BCUT2D eigenvalue weighted by Crippen LogP contribution is 2.33. The lowest BCUT2D eigenvalue weighted by Gasteiger charge is -2.15. The average Bonchev–Trinajstić information content (AvgIpc) is 3.74. The fraction of sp³-hybridized carbons (Fsp3) is 0.185. The highest BCUT2D eigenvalue weighted by molar-refractivity contribution is 7.91. The monoisotopic (exact) mass is 525 g/mol. The van der Waals surface area contributed by atoms with Crippen LogP contribution in [0.5, 0.6) is 0 Å². The second kappa shape index (κ2) is 8.89. The second-order valence-corrected chi connectivity index (χ2v) is 11.4. The quantitative estimate of drug-likeness (QED) is 0.321. The van der Waals surface area contributed by atoms with Gasteiger partial charge in [-0.1, -0.05) is 0 Å². The lowest BCUT2D eigenvalue weighted by Crippen LogP contribution is -2.27. The van der Waals surface area contributed by atoms with E-state index in [-0.39, 0.29) is 10.8 Å². The fourth-order valence-electron chi connectivity index (χ4n) is 5.03. The third kappa shape index (κ3) is 3.96. The molecule has 0 aliphatic carbocycles. The number of fused-ring (bicyclic) bond motifs is 2. The Morgan fingerprint density at radius 3 is 2.76 bits per heavy atom. The third-order valence-corrected chi connectivity index (χ3v) is 8.59. The zero-order chi connectivity index (χ0) is 25.7. The van der Waals surface area contributed by atoms with Gasteiger partial charge < -0.3 is 9.40 Å². The molecule has 1 aliphatic heterocycles. The first kappa shape index (κ1) is 22.8. The Morgan fingerprint density at radius 1 is 1.03 bits per heavy atom. The number of H-pyrrole nitrogens is 2. The molecule has 7 rings (SSSR count). The molecule has 0 bridgehead atoms. The third-order valence-electron chi connectivity index (χ3n) is 6.95. The number of hydrogen-bond acceptors (Lipinski definition) is 8. The van der Waals surface area contributed by atoms with Gasteiger partial charge in [-0.3, -0.25) is 15.0 Å². The summed E-state index contributed by atoms with van der Waals surface area (Å²) in [6, 6.07) is 11.2. The summed E-state index contributed by atoms with van der Waals surface area (Å²) in [5, 5.41) is 8.50. The van der Waals surface area contributed by atoms with Gasteiger partial charge in [0.15, 0.2) is 9.84 Å². The van der Waals surface area contributed by atoms with E-state index >= 15 is 0 Å². The molecular weight excluding hydrogens is 502 g/mol. The highest BCUT2D eigenvalue weighted by atomic mass is 32.2. The molecule has 0 aromatic carbocycles. The van der Waals surface area contributed by atoms with Gasteiger partial charge in [0, 0.05) is 35.1 Å². The number of sulfone groups is 1. The fourth-order valence-corrected chi connectivity index (χ4v) is 6.44. The van der Waals surface area contributed by atoms with Gasteiger partial charge in [0.2, 0.25) is 0 Å². The zero-order valence-electron chi connectivity index (χ0n) is 20.3. The summed E-state index contributed by atoms with van der Waals surface area (Å²) in [4.78, 5) is 19.1. The van der Waals surface area contributed by atoms with Crippen molar-refractivity contribution in [3.05, 3.63) is 67.5 Å². The Morgan fingerprint density at radius 2 is 1.92 bits per heavy atom. The minimum absolute atomic E-state index is 0.00566. The van der Waals surface area contributed by atoms with E-state index in [0.717, 1.165) is 59.3 Å². The van der Waals surface area contributed by atoms with Crippen molar-refractivity contribution in [1.82, 2.24) is 35.0 Å². The van der Waals surface area contributed by atoms with Crippen LogP contribution >= 0.6 is 0 Å². The summed E-state index contributed by atoms with van der Waals surface area (Å²) in [5.74, 6) is 0.00566. The number of pyridine rings is 3. The van der Waals surface area contributed by atoms with Gasteiger partial charge >= 0.3 is 0 Å². The van der Waals surface area contributed by atoms with Crippen LogP contribution in [0.3, 0.4) is 0 Å². The number of aromatic nitrogens is 6. The van der Waals surface area contributed by atoms with Crippen LogP contribution in [0.1, 0.15) is 12.8 Å². The van der Waals surface area contributed by atoms with E-state index in [1.807, 2.05) is 35.2 Å². The predicted molar refractivity (Wildman–Crippen MR) is 143 cm³/mol. The van der Waals surface area contributed by atoms with Crippen LogP contribution in [0.4, 0.5) is 0 Å². The van der Waals surface area contributed by atoms with Crippen molar-refractivity contribution < 1.29 is 12.8 Å². The van der Waals surface area contributed by atoms with Crippen molar-refractivity contribution in [1.29, 1.82) is 0 Å². The van der Waals surface area contributed by atoms with Crippen LogP contribution in [0.2, 0.25) is 0 Å². The Bertz CT molecular complexity index is 1880. The smallest absolute Gasteiger partial charge is 0.193 e. The molecule has 0 radical (unpaired) electrons. The topological polar surface area (TPSA) is 134 Å². The van der Waals surface area contributed by atoms with Crippen LogP contribution in [-0.4, -0.2) is 62.4 Å². The Kier molecular flexibility index (Phi) is 5.34. The summed E-state index contributed by atoms with van der Waals surface area (Å²) < 4.78 is 31.4. The molecule has 0 spiro atoms. The van der Waals surface area contributed by atoms with Gasteiger partial charge in [-0.25, -0.2) is 18.4 Å². The van der Waals surface area contributed by atoms with E-state index in [1.165, 1.54) is 6.20 Å². The molecular formula is C27H23N7O3S. The van der Waals surface area contributed by atoms with E-state index in [9.17, 15) is 8.42 Å². The van der Waals surface area contributed by atoms with Crippen molar-refractivity contribution >= 4 is 31.9 Å². The molecule has 6 aromatic rings. The van der Waals surface area contributed by atoms with Gasteiger partial charge in [0.1, 0.15) is 22.7 Å². The number of aromatic amines is 2. The van der Waals surface area contributed by atoms with Crippen LogP contribution in [0.25, 0.3) is 55.8 Å². The molecule has 0 unspecified atom stereocenters. The average molecular weight is 526 g/mol. The molecule has 0 saturated carbocycles. The first-order chi connectivity index (χ1) is 18.5. The molecule has 1 fully saturated rings. The molecule has 1 saturated heterocycles. The molecule has 7 heterocycles. The van der Waals surface area contributed by atoms with Crippen LogP contribution in [-0.2, 0) is 9.84 Å². The second-order valence-electron chi connectivity index (χ2n) is 9.46. The number of nitrogens with zero attached hydrogens (tertiary/aromatic N) is 5. The van der Waals surface area contributed by atoms with Gasteiger partial charge in [0.05, 0.1) is 34.3 Å². The van der Waals surface area contributed by atoms with Crippen molar-refractivity contribution in [3.8, 4) is 33.8 Å². The van der Waals surface area contributed by atoms with E-state index in [2.05, 4.69) is 25.1 Å². The van der Waals surface area contributed by atoms with Gasteiger partial charge in [0.25, 0.3) is 0 Å². The van der Waals surface area contributed by atoms with Crippen LogP contribution < -0.4 is 0 Å². The molecule has 6 aromatic heterocycles. The Balaban J connectivity index is 1.27. The number of furan rings is 1. The SMILES string of the molecule is O=S(=O)(CN1CCCC1)c1cncc(-c2ccc3[nH]nc(-c4cc5c(-c6ccoc6)ccnc5[nH]4)c3n2)c1. The highest BCUT2D eigenvalue weighted by Gasteiger charge is 2.23. The molecule has 11 heteroatoms. The summed E-state index contributed by atoms with van der Waals surface area (Å²) in [6.07, 6.45) is 10.2. The minimum Gasteiger partial charge on any atom is -0.472 e. The first-order valence-corrected chi connectivity index (χ1v) is 14.0. The minimum atomic E-state index is -3.50. The normalized spacial score (nSPS) is 14.6. The number of rotatable bonds is 6. The first-order valence-electron chi connectivity index (χ1n) is 12.3. The summed E-state index contributed by atoms with van der Waals surface area (Å²) in [7, 11) is -3.50. The predicted octanol–water partition coefficient (Wildman–Crippen LogP) is 4.65. The Hall–Kier alpha value is -4.35. The van der Waals surface area contributed by atoms with Crippen LogP contribution in [0, 0.1) is 0 Å². The molecule has 0 atom stereocenters.